The Balaban J connectivity index is 1.77. The number of likely N-dealkylation sites (N-methyl/N-ethyl adjacent to an activating group) is 1. The van der Waals surface area contributed by atoms with Crippen molar-refractivity contribution in [3.8, 4) is 0 Å². The molecule has 2 heterocycles. The molecule has 3 heteroatoms. The molecule has 0 spiro atoms. The van der Waals surface area contributed by atoms with E-state index in [4.69, 9.17) is 0 Å². The molecule has 2 aliphatic rings. The van der Waals surface area contributed by atoms with Crippen LogP contribution in [-0.2, 0) is 0 Å². The van der Waals surface area contributed by atoms with Gasteiger partial charge in [0.15, 0.2) is 0 Å². The van der Waals surface area contributed by atoms with Crippen molar-refractivity contribution in [1.29, 1.82) is 0 Å². The van der Waals surface area contributed by atoms with Gasteiger partial charge in [-0.15, -0.1) is 0 Å². The highest BCUT2D eigenvalue weighted by Crippen LogP contribution is 2.27. The van der Waals surface area contributed by atoms with Crippen LogP contribution in [0, 0.1) is 0 Å². The second-order valence-corrected chi connectivity index (χ2v) is 6.64. The highest BCUT2D eigenvalue weighted by atomic mass is 15.2. The molecule has 0 radical (unpaired) electrons. The van der Waals surface area contributed by atoms with E-state index in [2.05, 4.69) is 43.1 Å². The third-order valence-electron chi connectivity index (χ3n) is 4.85. The van der Waals surface area contributed by atoms with Crippen LogP contribution in [0.3, 0.4) is 0 Å². The van der Waals surface area contributed by atoms with Gasteiger partial charge in [0, 0.05) is 24.2 Å². The number of hydrogen-bond acceptors (Lipinski definition) is 3. The van der Waals surface area contributed by atoms with E-state index >= 15 is 0 Å². The molecule has 2 unspecified atom stereocenters. The van der Waals surface area contributed by atoms with Crippen molar-refractivity contribution in [3.05, 3.63) is 0 Å². The lowest BCUT2D eigenvalue weighted by Crippen LogP contribution is -2.52. The summed E-state index contributed by atoms with van der Waals surface area (Å²) >= 11 is 0. The molecule has 2 aliphatic heterocycles. The zero-order valence-electron chi connectivity index (χ0n) is 12.0. The van der Waals surface area contributed by atoms with Crippen LogP contribution in [0.5, 0.6) is 0 Å². The van der Waals surface area contributed by atoms with Crippen LogP contribution in [0.15, 0.2) is 0 Å². The van der Waals surface area contributed by atoms with Crippen molar-refractivity contribution in [1.82, 2.24) is 15.1 Å². The second-order valence-electron chi connectivity index (χ2n) is 6.64. The summed E-state index contributed by atoms with van der Waals surface area (Å²) < 4.78 is 0. The molecule has 0 aromatic carbocycles. The van der Waals surface area contributed by atoms with Crippen LogP contribution in [-0.4, -0.2) is 61.2 Å². The second kappa shape index (κ2) is 5.25. The lowest BCUT2D eigenvalue weighted by atomic mass is 9.96. The lowest BCUT2D eigenvalue weighted by Gasteiger charge is -2.39. The molecule has 0 aromatic heterocycles. The van der Waals surface area contributed by atoms with Crippen LogP contribution in [0.2, 0.25) is 0 Å². The van der Waals surface area contributed by atoms with Gasteiger partial charge in [-0.1, -0.05) is 0 Å². The Bertz CT molecular complexity index is 250. The fourth-order valence-corrected chi connectivity index (χ4v) is 2.96. The highest BCUT2D eigenvalue weighted by molar-refractivity contribution is 4.91. The van der Waals surface area contributed by atoms with E-state index in [0.29, 0.717) is 0 Å². The molecule has 3 nitrogen and oxygen atoms in total. The number of hydrogen-bond donors (Lipinski definition) is 1. The number of rotatable bonds is 4. The Kier molecular flexibility index (Phi) is 4.11. The Hall–Kier alpha value is -0.120. The molecule has 0 bridgehead atoms. The topological polar surface area (TPSA) is 18.5 Å². The Morgan fingerprint density at radius 2 is 2.00 bits per heavy atom. The summed E-state index contributed by atoms with van der Waals surface area (Å²) in [4.78, 5) is 5.00. The van der Waals surface area contributed by atoms with Gasteiger partial charge in [0.1, 0.15) is 0 Å². The summed E-state index contributed by atoms with van der Waals surface area (Å²) in [6.07, 6.45) is 5.54. The van der Waals surface area contributed by atoms with Gasteiger partial charge in [0.2, 0.25) is 0 Å². The number of fused-ring (bicyclic) bond motifs is 1. The Labute approximate surface area is 107 Å². The first-order valence-corrected chi connectivity index (χ1v) is 7.14. The predicted octanol–water partition coefficient (Wildman–Crippen LogP) is 1.54. The quantitative estimate of drug-likeness (QED) is 0.803. The van der Waals surface area contributed by atoms with E-state index in [1.807, 2.05) is 0 Å². The molecule has 2 atom stereocenters. The number of nitrogens with zero attached hydrogens (tertiary/aromatic N) is 2. The van der Waals surface area contributed by atoms with Gasteiger partial charge in [0.05, 0.1) is 0 Å². The molecule has 17 heavy (non-hydrogen) atoms. The first-order chi connectivity index (χ1) is 7.99. The van der Waals surface area contributed by atoms with E-state index < -0.39 is 0 Å². The highest BCUT2D eigenvalue weighted by Gasteiger charge is 2.32. The lowest BCUT2D eigenvalue weighted by molar-refractivity contribution is 0.143. The average molecular weight is 239 g/mol. The molecule has 2 rings (SSSR count). The normalized spacial score (nSPS) is 30.9. The third kappa shape index (κ3) is 3.21. The van der Waals surface area contributed by atoms with E-state index in [-0.39, 0.29) is 5.54 Å². The van der Waals surface area contributed by atoms with E-state index in [0.717, 1.165) is 18.6 Å². The molecule has 1 N–H and O–H groups in total. The van der Waals surface area contributed by atoms with Crippen LogP contribution in [0.4, 0.5) is 0 Å². The smallest absolute Gasteiger partial charge is 0.0271 e. The van der Waals surface area contributed by atoms with Crippen molar-refractivity contribution in [2.75, 3.05) is 33.7 Å². The molecule has 0 aliphatic carbocycles. The van der Waals surface area contributed by atoms with Gasteiger partial charge in [-0.05, 0) is 66.7 Å². The van der Waals surface area contributed by atoms with Crippen molar-refractivity contribution >= 4 is 0 Å². The summed E-state index contributed by atoms with van der Waals surface area (Å²) in [7, 11) is 4.34. The van der Waals surface area contributed by atoms with Crippen LogP contribution < -0.4 is 5.32 Å². The largest absolute Gasteiger partial charge is 0.312 e. The summed E-state index contributed by atoms with van der Waals surface area (Å²) in [6.45, 7) is 8.37. The van der Waals surface area contributed by atoms with E-state index in [1.54, 1.807) is 0 Å². The van der Waals surface area contributed by atoms with Gasteiger partial charge in [-0.2, -0.15) is 0 Å². The fraction of sp³-hybridized carbons (Fsp3) is 1.00. The van der Waals surface area contributed by atoms with Crippen molar-refractivity contribution < 1.29 is 0 Å². The van der Waals surface area contributed by atoms with E-state index in [1.165, 1.54) is 38.8 Å². The third-order valence-corrected chi connectivity index (χ3v) is 4.85. The maximum Gasteiger partial charge on any atom is 0.0271 e. The molecule has 0 aromatic rings. The van der Waals surface area contributed by atoms with Gasteiger partial charge in [-0.3, -0.25) is 0 Å². The minimum absolute atomic E-state index is 0.257. The molecule has 0 saturated carbocycles. The van der Waals surface area contributed by atoms with Crippen molar-refractivity contribution in [2.24, 2.45) is 0 Å². The minimum Gasteiger partial charge on any atom is -0.312 e. The van der Waals surface area contributed by atoms with Gasteiger partial charge < -0.3 is 15.1 Å². The molecule has 2 fully saturated rings. The fourth-order valence-electron chi connectivity index (χ4n) is 2.96. The zero-order valence-corrected chi connectivity index (χ0v) is 12.0. The minimum atomic E-state index is 0.257. The average Bonchev–Trinajstić information content (AvgIpc) is 2.73. The molecule has 100 valence electrons. The van der Waals surface area contributed by atoms with Crippen LogP contribution in [0.1, 0.15) is 39.5 Å². The molecular weight excluding hydrogens is 210 g/mol. The monoisotopic (exact) mass is 239 g/mol. The number of piperidine rings is 1. The summed E-state index contributed by atoms with van der Waals surface area (Å²) in [5.74, 6) is 0. The molecule has 0 amide bonds. The first kappa shape index (κ1) is 13.3. The summed E-state index contributed by atoms with van der Waals surface area (Å²) in [5.41, 5.74) is 0.257. The van der Waals surface area contributed by atoms with Crippen molar-refractivity contribution in [3.63, 3.8) is 0 Å². The van der Waals surface area contributed by atoms with Crippen LogP contribution >= 0.6 is 0 Å². The standard InChI is InChI=1S/C14H29N3/c1-14(2,16(3)4)11-15-12-7-9-17-8-5-6-13(17)10-12/h12-13,15H,5-11H2,1-4H3. The van der Waals surface area contributed by atoms with Gasteiger partial charge in [0.25, 0.3) is 0 Å². The van der Waals surface area contributed by atoms with Crippen LogP contribution in [0.25, 0.3) is 0 Å². The first-order valence-electron chi connectivity index (χ1n) is 7.14. The van der Waals surface area contributed by atoms with Gasteiger partial charge >= 0.3 is 0 Å². The number of nitrogens with one attached hydrogen (secondary N) is 1. The maximum absolute atomic E-state index is 3.79. The van der Waals surface area contributed by atoms with E-state index in [9.17, 15) is 0 Å². The van der Waals surface area contributed by atoms with Gasteiger partial charge in [-0.25, -0.2) is 0 Å². The zero-order chi connectivity index (χ0) is 12.5. The maximum atomic E-state index is 3.79. The van der Waals surface area contributed by atoms with Crippen molar-refractivity contribution in [2.45, 2.75) is 57.2 Å². The predicted molar refractivity (Wildman–Crippen MR) is 73.4 cm³/mol. The summed E-state index contributed by atoms with van der Waals surface area (Å²) in [5, 5.41) is 3.79. The molecular formula is C14H29N3. The molecule has 2 saturated heterocycles. The Morgan fingerprint density at radius 3 is 2.71 bits per heavy atom. The SMILES string of the molecule is CN(C)C(C)(C)CNC1CCN2CCCC2C1. The summed E-state index contributed by atoms with van der Waals surface area (Å²) in [6, 6.07) is 1.62. The Morgan fingerprint density at radius 1 is 1.24 bits per heavy atom.